The zero-order valence-corrected chi connectivity index (χ0v) is 21.4. The highest BCUT2D eigenvalue weighted by molar-refractivity contribution is 6.02. The molecule has 0 saturated heterocycles. The molecule has 190 valence electrons. The van der Waals surface area contributed by atoms with Crippen LogP contribution in [0.3, 0.4) is 0 Å². The van der Waals surface area contributed by atoms with Crippen molar-refractivity contribution in [2.75, 3.05) is 20.2 Å². The molecule has 5 rings (SSSR count). The lowest BCUT2D eigenvalue weighted by molar-refractivity contribution is 0.0675. The number of ether oxygens (including phenoxy) is 1. The number of hydrogen-bond acceptors (Lipinski definition) is 5. The Morgan fingerprint density at radius 1 is 1.05 bits per heavy atom. The zero-order valence-electron chi connectivity index (χ0n) is 21.4. The van der Waals surface area contributed by atoms with Crippen LogP contribution in [0.25, 0.3) is 16.5 Å². The lowest BCUT2D eigenvalue weighted by Crippen LogP contribution is -2.48. The van der Waals surface area contributed by atoms with E-state index < -0.39 is 5.97 Å². The van der Waals surface area contributed by atoms with Crippen LogP contribution in [0.5, 0.6) is 11.5 Å². The van der Waals surface area contributed by atoms with Crippen molar-refractivity contribution in [3.8, 4) is 11.5 Å². The minimum absolute atomic E-state index is 0.0928. The fraction of sp³-hybridized carbons (Fsp3) is 0.300. The van der Waals surface area contributed by atoms with Crippen molar-refractivity contribution in [3.05, 3.63) is 83.1 Å². The summed E-state index contributed by atoms with van der Waals surface area (Å²) in [6, 6.07) is 12.2. The summed E-state index contributed by atoms with van der Waals surface area (Å²) in [5.41, 5.74) is 3.86. The summed E-state index contributed by atoms with van der Waals surface area (Å²) in [6.45, 7) is 7.46. The number of pyridine rings is 1. The van der Waals surface area contributed by atoms with Crippen LogP contribution in [0.2, 0.25) is 0 Å². The quantitative estimate of drug-likeness (QED) is 0.458. The second kappa shape index (κ2) is 8.76. The monoisotopic (exact) mass is 498 g/mol. The first-order valence-electron chi connectivity index (χ1n) is 12.3. The standard InChI is InChI=1S/C30H30N2O5/c1-29(2)23(18-5-7-19(8-6-18)28(35)36)11-13-30(3)17-32(14-12-25(29)30)27(34)22-16-31-24-10-9-20(37-4)15-21(24)26(22)33/h5-12,15-16H,13-14,17H2,1-4H3,(H,31,33)(H,35,36)/t30-/m1/s1. The largest absolute Gasteiger partial charge is 0.506 e. The number of carboxylic acids is 1. The molecular weight excluding hydrogens is 468 g/mol. The minimum atomic E-state index is -0.942. The fourth-order valence-electron chi connectivity index (χ4n) is 5.97. The van der Waals surface area contributed by atoms with Gasteiger partial charge in [0, 0.05) is 35.5 Å². The molecule has 2 heterocycles. The molecule has 1 amide bonds. The number of rotatable bonds is 4. The number of benzene rings is 2. The SMILES string of the molecule is COc1ccc2ncc(C(=O)N3CC=C4C(C)(C)C(c5ccc(C(=O)O)cc5)=CC[C@]4(C)C3)c(O)c2c1. The van der Waals surface area contributed by atoms with Gasteiger partial charge >= 0.3 is 5.97 Å². The van der Waals surface area contributed by atoms with Gasteiger partial charge in [0.15, 0.2) is 0 Å². The van der Waals surface area contributed by atoms with Gasteiger partial charge in [-0.3, -0.25) is 9.78 Å². The van der Waals surface area contributed by atoms with Gasteiger partial charge < -0.3 is 19.8 Å². The summed E-state index contributed by atoms with van der Waals surface area (Å²) in [6.07, 6.45) is 6.52. The third-order valence-corrected chi connectivity index (χ3v) is 7.82. The molecule has 37 heavy (non-hydrogen) atoms. The molecule has 2 aromatic carbocycles. The molecule has 0 radical (unpaired) electrons. The Kier molecular flexibility index (Phi) is 5.82. The molecule has 3 aromatic rings. The van der Waals surface area contributed by atoms with Gasteiger partial charge in [0.1, 0.15) is 17.1 Å². The maximum absolute atomic E-state index is 13.6. The molecule has 7 heteroatoms. The molecule has 1 aliphatic carbocycles. The Labute approximate surface area is 215 Å². The summed E-state index contributed by atoms with van der Waals surface area (Å²) in [7, 11) is 1.55. The van der Waals surface area contributed by atoms with E-state index in [1.165, 1.54) is 11.8 Å². The molecule has 0 saturated carbocycles. The highest BCUT2D eigenvalue weighted by Gasteiger charge is 2.46. The molecule has 0 spiro atoms. The molecule has 1 atom stereocenters. The van der Waals surface area contributed by atoms with Gasteiger partial charge in [-0.05, 0) is 47.9 Å². The number of fused-ring (bicyclic) bond motifs is 2. The van der Waals surface area contributed by atoms with Gasteiger partial charge in [0.25, 0.3) is 5.91 Å². The molecule has 1 aromatic heterocycles. The van der Waals surface area contributed by atoms with Crippen LogP contribution in [-0.2, 0) is 0 Å². The predicted molar refractivity (Wildman–Crippen MR) is 142 cm³/mol. The van der Waals surface area contributed by atoms with Crippen molar-refractivity contribution in [1.29, 1.82) is 0 Å². The third-order valence-electron chi connectivity index (χ3n) is 7.82. The number of carbonyl (C=O) groups is 2. The Morgan fingerprint density at radius 2 is 1.78 bits per heavy atom. The van der Waals surface area contributed by atoms with Gasteiger partial charge in [-0.2, -0.15) is 0 Å². The van der Waals surface area contributed by atoms with Crippen LogP contribution in [0.4, 0.5) is 0 Å². The number of aromatic hydroxyl groups is 1. The number of methoxy groups -OCH3 is 1. The Morgan fingerprint density at radius 3 is 2.46 bits per heavy atom. The molecule has 2 aliphatic rings. The minimum Gasteiger partial charge on any atom is -0.506 e. The number of hydrogen-bond donors (Lipinski definition) is 2. The maximum Gasteiger partial charge on any atom is 0.335 e. The number of aromatic carboxylic acids is 1. The van der Waals surface area contributed by atoms with E-state index in [0.29, 0.717) is 29.7 Å². The molecule has 0 fully saturated rings. The number of amides is 1. The Hall–Kier alpha value is -4.13. The van der Waals surface area contributed by atoms with E-state index in [2.05, 4.69) is 37.9 Å². The normalized spacial score (nSPS) is 20.6. The topological polar surface area (TPSA) is 100.0 Å². The average Bonchev–Trinajstić information content (AvgIpc) is 2.88. The molecular formula is C30H30N2O5. The highest BCUT2D eigenvalue weighted by Crippen LogP contribution is 2.55. The van der Waals surface area contributed by atoms with Gasteiger partial charge in [-0.15, -0.1) is 0 Å². The van der Waals surface area contributed by atoms with Crippen molar-refractivity contribution < 1.29 is 24.5 Å². The van der Waals surface area contributed by atoms with Crippen LogP contribution in [0, 0.1) is 10.8 Å². The van der Waals surface area contributed by atoms with Crippen molar-refractivity contribution >= 4 is 28.4 Å². The zero-order chi connectivity index (χ0) is 26.5. The molecule has 0 bridgehead atoms. The molecule has 0 unspecified atom stereocenters. The fourth-order valence-corrected chi connectivity index (χ4v) is 5.97. The summed E-state index contributed by atoms with van der Waals surface area (Å²) >= 11 is 0. The third kappa shape index (κ3) is 4.04. The predicted octanol–water partition coefficient (Wildman–Crippen LogP) is 5.55. The van der Waals surface area contributed by atoms with Gasteiger partial charge in [-0.1, -0.05) is 50.6 Å². The number of allylic oxidation sites excluding steroid dienone is 2. The lowest BCUT2D eigenvalue weighted by Gasteiger charge is -2.50. The Balaban J connectivity index is 1.44. The number of carbonyl (C=O) groups excluding carboxylic acids is 1. The van der Waals surface area contributed by atoms with Gasteiger partial charge in [0.2, 0.25) is 0 Å². The van der Waals surface area contributed by atoms with Crippen molar-refractivity contribution in [3.63, 3.8) is 0 Å². The van der Waals surface area contributed by atoms with E-state index in [1.54, 1.807) is 42.3 Å². The first-order chi connectivity index (χ1) is 17.5. The number of aromatic nitrogens is 1. The van der Waals surface area contributed by atoms with Crippen molar-refractivity contribution in [2.24, 2.45) is 10.8 Å². The summed E-state index contributed by atoms with van der Waals surface area (Å²) in [5.74, 6) is -0.715. The first kappa shape index (κ1) is 24.6. The van der Waals surface area contributed by atoms with Crippen LogP contribution in [-0.4, -0.2) is 52.2 Å². The lowest BCUT2D eigenvalue weighted by atomic mass is 9.58. The van der Waals surface area contributed by atoms with E-state index in [4.69, 9.17) is 4.74 Å². The second-order valence-corrected chi connectivity index (χ2v) is 10.6. The van der Waals surface area contributed by atoms with E-state index >= 15 is 0 Å². The summed E-state index contributed by atoms with van der Waals surface area (Å²) in [5, 5.41) is 20.7. The highest BCUT2D eigenvalue weighted by atomic mass is 16.5. The van der Waals surface area contributed by atoms with E-state index in [1.807, 2.05) is 12.1 Å². The van der Waals surface area contributed by atoms with Crippen molar-refractivity contribution in [1.82, 2.24) is 9.88 Å². The molecule has 1 aliphatic heterocycles. The summed E-state index contributed by atoms with van der Waals surface area (Å²) in [4.78, 5) is 31.0. The van der Waals surface area contributed by atoms with Crippen LogP contribution >= 0.6 is 0 Å². The molecule has 2 N–H and O–H groups in total. The molecule has 7 nitrogen and oxygen atoms in total. The van der Waals surface area contributed by atoms with Crippen molar-refractivity contribution in [2.45, 2.75) is 27.2 Å². The second-order valence-electron chi connectivity index (χ2n) is 10.6. The van der Waals surface area contributed by atoms with Crippen LogP contribution in [0.1, 0.15) is 53.5 Å². The number of nitrogens with zero attached hydrogens (tertiary/aromatic N) is 2. The van der Waals surface area contributed by atoms with E-state index in [-0.39, 0.29) is 33.6 Å². The maximum atomic E-state index is 13.6. The first-order valence-corrected chi connectivity index (χ1v) is 12.3. The number of carboxylic acid groups (broad SMARTS) is 1. The van der Waals surface area contributed by atoms with Crippen LogP contribution in [0.15, 0.2) is 66.4 Å². The average molecular weight is 499 g/mol. The van der Waals surface area contributed by atoms with Crippen LogP contribution < -0.4 is 4.74 Å². The van der Waals surface area contributed by atoms with E-state index in [0.717, 1.165) is 17.6 Å². The van der Waals surface area contributed by atoms with E-state index in [9.17, 15) is 19.8 Å². The van der Waals surface area contributed by atoms with Gasteiger partial charge in [-0.25, -0.2) is 4.79 Å². The summed E-state index contributed by atoms with van der Waals surface area (Å²) < 4.78 is 5.27. The van der Waals surface area contributed by atoms with Gasteiger partial charge in [0.05, 0.1) is 18.2 Å². The Bertz CT molecular complexity index is 1490. The smallest absolute Gasteiger partial charge is 0.335 e.